The summed E-state index contributed by atoms with van der Waals surface area (Å²) in [6, 6.07) is 0. The van der Waals surface area contributed by atoms with Crippen LogP contribution in [0.15, 0.2) is 0 Å². The third-order valence-electron chi connectivity index (χ3n) is 3.22. The summed E-state index contributed by atoms with van der Waals surface area (Å²) in [5.74, 6) is -0.665. The van der Waals surface area contributed by atoms with Crippen LogP contribution in [0.3, 0.4) is 0 Å². The van der Waals surface area contributed by atoms with Crippen molar-refractivity contribution >= 4 is 23.2 Å². The first-order valence-electron chi connectivity index (χ1n) is 5.95. The molecule has 1 aromatic rings. The van der Waals surface area contributed by atoms with Crippen molar-refractivity contribution in [1.82, 2.24) is 9.88 Å². The van der Waals surface area contributed by atoms with Crippen LogP contribution in [0.25, 0.3) is 0 Å². The standard InChI is InChI=1S/C12H16N2O3S/c1-7-10(12(16)17)18-11(13-7)9-4-3-5-14(6-9)8(2)15/h9H,3-6H2,1-2H3,(H,16,17)/t9-/m0/s1. The maximum Gasteiger partial charge on any atom is 0.347 e. The minimum Gasteiger partial charge on any atom is -0.477 e. The topological polar surface area (TPSA) is 70.5 Å². The summed E-state index contributed by atoms with van der Waals surface area (Å²) in [6.45, 7) is 4.73. The molecular weight excluding hydrogens is 252 g/mol. The number of hydrogen-bond acceptors (Lipinski definition) is 4. The molecule has 2 heterocycles. The number of amides is 1. The minimum atomic E-state index is -0.921. The highest BCUT2D eigenvalue weighted by molar-refractivity contribution is 7.13. The molecule has 2 rings (SSSR count). The number of rotatable bonds is 2. The number of aryl methyl sites for hydroxylation is 1. The van der Waals surface area contributed by atoms with E-state index in [0.29, 0.717) is 17.1 Å². The van der Waals surface area contributed by atoms with E-state index in [1.54, 1.807) is 13.8 Å². The Morgan fingerprint density at radius 1 is 1.50 bits per heavy atom. The molecule has 1 atom stereocenters. The molecule has 18 heavy (non-hydrogen) atoms. The normalized spacial score (nSPS) is 19.9. The monoisotopic (exact) mass is 268 g/mol. The van der Waals surface area contributed by atoms with E-state index in [1.807, 2.05) is 4.90 Å². The molecule has 1 aliphatic heterocycles. The second-order valence-corrected chi connectivity index (χ2v) is 5.61. The number of hydrogen-bond donors (Lipinski definition) is 1. The number of aromatic carboxylic acids is 1. The SMILES string of the molecule is CC(=O)N1CCC[C@H](c2nc(C)c(C(=O)O)s2)C1. The van der Waals surface area contributed by atoms with Crippen LogP contribution in [0.2, 0.25) is 0 Å². The Labute approximate surface area is 109 Å². The van der Waals surface area contributed by atoms with Crippen molar-refractivity contribution in [2.45, 2.75) is 32.6 Å². The fourth-order valence-electron chi connectivity index (χ4n) is 2.26. The zero-order chi connectivity index (χ0) is 13.3. The van der Waals surface area contributed by atoms with Crippen LogP contribution < -0.4 is 0 Å². The quantitative estimate of drug-likeness (QED) is 0.889. The predicted octanol–water partition coefficient (Wildman–Crippen LogP) is 1.88. The Balaban J connectivity index is 2.18. The Hall–Kier alpha value is -1.43. The van der Waals surface area contributed by atoms with Crippen molar-refractivity contribution < 1.29 is 14.7 Å². The summed E-state index contributed by atoms with van der Waals surface area (Å²) in [6.07, 6.45) is 1.92. The van der Waals surface area contributed by atoms with Gasteiger partial charge in [-0.1, -0.05) is 0 Å². The number of carbonyl (C=O) groups excluding carboxylic acids is 1. The highest BCUT2D eigenvalue weighted by Crippen LogP contribution is 2.31. The van der Waals surface area contributed by atoms with Gasteiger partial charge in [0.05, 0.1) is 10.7 Å². The lowest BCUT2D eigenvalue weighted by molar-refractivity contribution is -0.130. The first kappa shape index (κ1) is 13.0. The average Bonchev–Trinajstić information content (AvgIpc) is 2.71. The summed E-state index contributed by atoms with van der Waals surface area (Å²) in [5, 5.41) is 9.87. The molecular formula is C12H16N2O3S. The number of aromatic nitrogens is 1. The van der Waals surface area contributed by atoms with Crippen LogP contribution in [-0.4, -0.2) is 40.0 Å². The van der Waals surface area contributed by atoms with Crippen LogP contribution in [0.4, 0.5) is 0 Å². The molecule has 0 saturated carbocycles. The molecule has 1 saturated heterocycles. The summed E-state index contributed by atoms with van der Waals surface area (Å²) in [7, 11) is 0. The number of thiazole rings is 1. The summed E-state index contributed by atoms with van der Waals surface area (Å²) < 4.78 is 0. The first-order valence-corrected chi connectivity index (χ1v) is 6.77. The van der Waals surface area contributed by atoms with E-state index in [-0.39, 0.29) is 11.8 Å². The van der Waals surface area contributed by atoms with Crippen LogP contribution in [0, 0.1) is 6.92 Å². The Bertz CT molecular complexity index is 484. The number of carboxylic acid groups (broad SMARTS) is 1. The molecule has 1 N–H and O–H groups in total. The minimum absolute atomic E-state index is 0.0754. The zero-order valence-corrected chi connectivity index (χ0v) is 11.3. The van der Waals surface area contributed by atoms with Gasteiger partial charge in [-0.2, -0.15) is 0 Å². The summed E-state index contributed by atoms with van der Waals surface area (Å²) in [4.78, 5) is 28.8. The van der Waals surface area contributed by atoms with E-state index in [2.05, 4.69) is 4.98 Å². The second-order valence-electron chi connectivity index (χ2n) is 4.58. The van der Waals surface area contributed by atoms with Gasteiger partial charge in [0.2, 0.25) is 5.91 Å². The van der Waals surface area contributed by atoms with Crippen LogP contribution in [0.1, 0.15) is 46.1 Å². The lowest BCUT2D eigenvalue weighted by Gasteiger charge is -2.30. The molecule has 1 aliphatic rings. The van der Waals surface area contributed by atoms with Crippen LogP contribution >= 0.6 is 11.3 Å². The van der Waals surface area contributed by atoms with Crippen molar-refractivity contribution in [1.29, 1.82) is 0 Å². The van der Waals surface area contributed by atoms with Crippen LogP contribution in [-0.2, 0) is 4.79 Å². The molecule has 1 amide bonds. The zero-order valence-electron chi connectivity index (χ0n) is 10.5. The van der Waals surface area contributed by atoms with Gasteiger partial charge in [0.25, 0.3) is 0 Å². The fraction of sp³-hybridized carbons (Fsp3) is 0.583. The van der Waals surface area contributed by atoms with Crippen LogP contribution in [0.5, 0.6) is 0 Å². The van der Waals surface area contributed by atoms with Crippen molar-refractivity contribution in [2.24, 2.45) is 0 Å². The molecule has 0 aromatic carbocycles. The average molecular weight is 268 g/mol. The lowest BCUT2D eigenvalue weighted by atomic mass is 9.99. The summed E-state index contributed by atoms with van der Waals surface area (Å²) >= 11 is 1.24. The third-order valence-corrected chi connectivity index (χ3v) is 4.53. The number of carbonyl (C=O) groups is 2. The smallest absolute Gasteiger partial charge is 0.347 e. The molecule has 0 aliphatic carbocycles. The highest BCUT2D eigenvalue weighted by atomic mass is 32.1. The van der Waals surface area contributed by atoms with Crippen molar-refractivity contribution in [3.8, 4) is 0 Å². The molecule has 98 valence electrons. The molecule has 1 fully saturated rings. The number of carboxylic acids is 1. The van der Waals surface area contributed by atoms with E-state index in [0.717, 1.165) is 24.4 Å². The number of nitrogens with zero attached hydrogens (tertiary/aromatic N) is 2. The highest BCUT2D eigenvalue weighted by Gasteiger charge is 2.26. The molecule has 0 spiro atoms. The van der Waals surface area contributed by atoms with Gasteiger partial charge >= 0.3 is 5.97 Å². The predicted molar refractivity (Wildman–Crippen MR) is 68.0 cm³/mol. The van der Waals surface area contributed by atoms with Gasteiger partial charge in [-0.25, -0.2) is 9.78 Å². The van der Waals surface area contributed by atoms with Gasteiger partial charge in [-0.05, 0) is 19.8 Å². The van der Waals surface area contributed by atoms with Gasteiger partial charge in [0.1, 0.15) is 4.88 Å². The van der Waals surface area contributed by atoms with E-state index >= 15 is 0 Å². The van der Waals surface area contributed by atoms with Gasteiger partial charge in [0.15, 0.2) is 0 Å². The lowest BCUT2D eigenvalue weighted by Crippen LogP contribution is -2.37. The fourth-order valence-corrected chi connectivity index (χ4v) is 3.29. The maximum atomic E-state index is 11.4. The van der Waals surface area contributed by atoms with Gasteiger partial charge < -0.3 is 10.0 Å². The van der Waals surface area contributed by atoms with Gasteiger partial charge in [-0.3, -0.25) is 4.79 Å². The van der Waals surface area contributed by atoms with Gasteiger partial charge in [-0.15, -0.1) is 11.3 Å². The van der Waals surface area contributed by atoms with E-state index < -0.39 is 5.97 Å². The van der Waals surface area contributed by atoms with Crippen molar-refractivity contribution in [2.75, 3.05) is 13.1 Å². The van der Waals surface area contributed by atoms with Gasteiger partial charge in [0, 0.05) is 25.9 Å². The number of likely N-dealkylation sites (tertiary alicyclic amines) is 1. The Kier molecular flexibility index (Phi) is 3.65. The molecule has 0 bridgehead atoms. The molecule has 1 aromatic heterocycles. The first-order chi connectivity index (χ1) is 8.49. The Morgan fingerprint density at radius 2 is 2.22 bits per heavy atom. The second kappa shape index (κ2) is 5.06. The van der Waals surface area contributed by atoms with Crippen molar-refractivity contribution in [3.63, 3.8) is 0 Å². The largest absolute Gasteiger partial charge is 0.477 e. The summed E-state index contributed by atoms with van der Waals surface area (Å²) in [5.41, 5.74) is 0.572. The molecule has 6 heteroatoms. The third kappa shape index (κ3) is 2.53. The van der Waals surface area contributed by atoms with E-state index in [1.165, 1.54) is 11.3 Å². The van der Waals surface area contributed by atoms with E-state index in [4.69, 9.17) is 5.11 Å². The molecule has 0 radical (unpaired) electrons. The number of piperidine rings is 1. The molecule has 5 nitrogen and oxygen atoms in total. The molecule has 0 unspecified atom stereocenters. The van der Waals surface area contributed by atoms with Crippen molar-refractivity contribution in [3.05, 3.63) is 15.6 Å². The van der Waals surface area contributed by atoms with E-state index in [9.17, 15) is 9.59 Å². The Morgan fingerprint density at radius 3 is 2.78 bits per heavy atom. The maximum absolute atomic E-state index is 11.4.